The van der Waals surface area contributed by atoms with Crippen LogP contribution >= 0.6 is 23.2 Å². The monoisotopic (exact) mass is 357 g/mol. The first-order valence-electron chi connectivity index (χ1n) is 6.57. The molecule has 1 atom stereocenters. The van der Waals surface area contributed by atoms with Crippen molar-refractivity contribution in [1.82, 2.24) is 4.72 Å². The van der Waals surface area contributed by atoms with Gasteiger partial charge in [0.1, 0.15) is 4.90 Å². The molecule has 120 valence electrons. The van der Waals surface area contributed by atoms with E-state index in [9.17, 15) is 12.8 Å². The third kappa shape index (κ3) is 5.07. The lowest BCUT2D eigenvalue weighted by molar-refractivity contribution is 0.251. The molecule has 21 heavy (non-hydrogen) atoms. The average Bonchev–Trinajstić information content (AvgIpc) is 2.42. The van der Waals surface area contributed by atoms with Gasteiger partial charge in [-0.15, -0.1) is 0 Å². The predicted octanol–water partition coefficient (Wildman–Crippen LogP) is 3.21. The molecule has 0 aromatic heterocycles. The van der Waals surface area contributed by atoms with Gasteiger partial charge in [-0.25, -0.2) is 17.5 Å². The molecule has 0 saturated heterocycles. The van der Waals surface area contributed by atoms with Crippen LogP contribution in [-0.4, -0.2) is 26.7 Å². The van der Waals surface area contributed by atoms with Crippen LogP contribution in [0.1, 0.15) is 26.2 Å². The van der Waals surface area contributed by atoms with Gasteiger partial charge in [0.05, 0.1) is 10.0 Å². The molecular weight excluding hydrogens is 340 g/mol. The highest BCUT2D eigenvalue weighted by Gasteiger charge is 2.22. The van der Waals surface area contributed by atoms with Gasteiger partial charge >= 0.3 is 0 Å². The molecule has 0 saturated carbocycles. The molecule has 0 aliphatic rings. The number of benzene rings is 1. The Labute approximate surface area is 134 Å². The van der Waals surface area contributed by atoms with E-state index in [2.05, 4.69) is 4.72 Å². The van der Waals surface area contributed by atoms with Crippen molar-refractivity contribution in [3.8, 4) is 0 Å². The number of sulfonamides is 1. The molecule has 0 fully saturated rings. The maximum absolute atomic E-state index is 13.6. The van der Waals surface area contributed by atoms with Crippen LogP contribution in [0.5, 0.6) is 0 Å². The fourth-order valence-corrected chi connectivity index (χ4v) is 3.82. The maximum Gasteiger partial charge on any atom is 0.242 e. The Hall–Kier alpha value is -0.400. The molecule has 1 rings (SSSR count). The Bertz CT molecular complexity index is 575. The normalized spacial score (nSPS) is 13.4. The summed E-state index contributed by atoms with van der Waals surface area (Å²) in [7, 11) is -3.92. The number of aliphatic hydroxyl groups excluding tert-OH is 1. The summed E-state index contributed by atoms with van der Waals surface area (Å²) in [5, 5.41) is 8.20. The van der Waals surface area contributed by atoms with E-state index in [1.54, 1.807) is 0 Å². The Balaban J connectivity index is 2.89. The van der Waals surface area contributed by atoms with Crippen molar-refractivity contribution in [3.05, 3.63) is 28.0 Å². The Kier molecular flexibility index (Phi) is 7.36. The number of hydrogen-bond acceptors (Lipinski definition) is 3. The van der Waals surface area contributed by atoms with Gasteiger partial charge in [-0.1, -0.05) is 36.5 Å². The van der Waals surface area contributed by atoms with Crippen LogP contribution in [0.3, 0.4) is 0 Å². The summed E-state index contributed by atoms with van der Waals surface area (Å²) >= 11 is 11.2. The first kappa shape index (κ1) is 18.6. The SMILES string of the molecule is CCCC(CCO)CNS(=O)(=O)c1ccc(Cl)c(F)c1Cl. The quantitative estimate of drug-likeness (QED) is 0.702. The number of halogens is 3. The second-order valence-electron chi connectivity index (χ2n) is 4.69. The molecule has 0 bridgehead atoms. The van der Waals surface area contributed by atoms with Gasteiger partial charge in [0.25, 0.3) is 0 Å². The van der Waals surface area contributed by atoms with Gasteiger partial charge in [0.15, 0.2) is 5.82 Å². The van der Waals surface area contributed by atoms with Crippen molar-refractivity contribution in [2.75, 3.05) is 13.2 Å². The molecule has 0 aliphatic heterocycles. The zero-order valence-electron chi connectivity index (χ0n) is 11.6. The highest BCUT2D eigenvalue weighted by molar-refractivity contribution is 7.89. The van der Waals surface area contributed by atoms with Crippen LogP contribution in [0, 0.1) is 11.7 Å². The highest BCUT2D eigenvalue weighted by Crippen LogP contribution is 2.29. The standard InChI is InChI=1S/C13H18Cl2FNO3S/c1-2-3-9(6-7-18)8-17-21(19,20)11-5-4-10(14)13(16)12(11)15/h4-5,9,17-18H,2-3,6-8H2,1H3. The third-order valence-corrected chi connectivity index (χ3v) is 5.32. The number of rotatable bonds is 8. The Morgan fingerprint density at radius 1 is 1.33 bits per heavy atom. The van der Waals surface area contributed by atoms with Crippen molar-refractivity contribution in [2.24, 2.45) is 5.92 Å². The van der Waals surface area contributed by atoms with Gasteiger partial charge in [-0.05, 0) is 30.9 Å². The molecule has 1 aromatic carbocycles. The first-order chi connectivity index (χ1) is 9.83. The molecule has 0 radical (unpaired) electrons. The van der Waals surface area contributed by atoms with Crippen molar-refractivity contribution in [3.63, 3.8) is 0 Å². The third-order valence-electron chi connectivity index (χ3n) is 3.09. The van der Waals surface area contributed by atoms with Crippen molar-refractivity contribution >= 4 is 33.2 Å². The van der Waals surface area contributed by atoms with Crippen LogP contribution in [0.25, 0.3) is 0 Å². The molecule has 0 heterocycles. The summed E-state index contributed by atoms with van der Waals surface area (Å²) in [6.45, 7) is 2.13. The van der Waals surface area contributed by atoms with Crippen LogP contribution in [0.15, 0.2) is 17.0 Å². The summed E-state index contributed by atoms with van der Waals surface area (Å²) in [6, 6.07) is 2.31. The summed E-state index contributed by atoms with van der Waals surface area (Å²) in [5.74, 6) is -0.938. The number of hydrogen-bond donors (Lipinski definition) is 2. The number of aliphatic hydroxyl groups is 1. The van der Waals surface area contributed by atoms with Gasteiger partial charge < -0.3 is 5.11 Å². The lowest BCUT2D eigenvalue weighted by Crippen LogP contribution is -2.30. The first-order valence-corrected chi connectivity index (χ1v) is 8.81. The van der Waals surface area contributed by atoms with Crippen LogP contribution in [-0.2, 0) is 10.0 Å². The molecule has 4 nitrogen and oxygen atoms in total. The minimum absolute atomic E-state index is 0.0112. The van der Waals surface area contributed by atoms with Gasteiger partial charge in [-0.2, -0.15) is 0 Å². The van der Waals surface area contributed by atoms with E-state index in [1.165, 1.54) is 0 Å². The van der Waals surface area contributed by atoms with Gasteiger partial charge in [0, 0.05) is 13.2 Å². The lowest BCUT2D eigenvalue weighted by atomic mass is 10.0. The molecule has 0 spiro atoms. The van der Waals surface area contributed by atoms with E-state index in [-0.39, 0.29) is 29.0 Å². The zero-order chi connectivity index (χ0) is 16.0. The number of nitrogens with one attached hydrogen (secondary N) is 1. The van der Waals surface area contributed by atoms with E-state index < -0.39 is 20.9 Å². The smallest absolute Gasteiger partial charge is 0.242 e. The van der Waals surface area contributed by atoms with E-state index in [0.717, 1.165) is 25.0 Å². The fourth-order valence-electron chi connectivity index (χ4n) is 1.96. The Morgan fingerprint density at radius 2 is 2.00 bits per heavy atom. The molecule has 1 aromatic rings. The minimum Gasteiger partial charge on any atom is -0.396 e. The highest BCUT2D eigenvalue weighted by atomic mass is 35.5. The maximum atomic E-state index is 13.6. The fraction of sp³-hybridized carbons (Fsp3) is 0.538. The molecule has 8 heteroatoms. The van der Waals surface area contributed by atoms with Gasteiger partial charge in [-0.3, -0.25) is 0 Å². The lowest BCUT2D eigenvalue weighted by Gasteiger charge is -2.16. The van der Waals surface area contributed by atoms with E-state index in [1.807, 2.05) is 6.92 Å². The van der Waals surface area contributed by atoms with Crippen LogP contribution < -0.4 is 4.72 Å². The van der Waals surface area contributed by atoms with Crippen LogP contribution in [0.4, 0.5) is 4.39 Å². The average molecular weight is 358 g/mol. The second kappa shape index (κ2) is 8.29. The van der Waals surface area contributed by atoms with Crippen molar-refractivity contribution in [2.45, 2.75) is 31.1 Å². The van der Waals surface area contributed by atoms with Crippen molar-refractivity contribution < 1.29 is 17.9 Å². The van der Waals surface area contributed by atoms with E-state index >= 15 is 0 Å². The van der Waals surface area contributed by atoms with Crippen LogP contribution in [0.2, 0.25) is 10.0 Å². The summed E-state index contributed by atoms with van der Waals surface area (Å²) < 4.78 is 40.3. The minimum atomic E-state index is -3.92. The topological polar surface area (TPSA) is 66.4 Å². The summed E-state index contributed by atoms with van der Waals surface area (Å²) in [4.78, 5) is -0.342. The largest absolute Gasteiger partial charge is 0.396 e. The van der Waals surface area contributed by atoms with E-state index in [4.69, 9.17) is 28.3 Å². The van der Waals surface area contributed by atoms with Crippen molar-refractivity contribution in [1.29, 1.82) is 0 Å². The summed E-state index contributed by atoms with van der Waals surface area (Å²) in [6.07, 6.45) is 2.16. The molecular formula is C13H18Cl2FNO3S. The predicted molar refractivity (Wildman–Crippen MR) is 81.7 cm³/mol. The molecule has 0 aliphatic carbocycles. The van der Waals surface area contributed by atoms with Gasteiger partial charge in [0.2, 0.25) is 10.0 Å². The molecule has 2 N–H and O–H groups in total. The second-order valence-corrected chi connectivity index (χ2v) is 7.21. The molecule has 1 unspecified atom stereocenters. The van der Waals surface area contributed by atoms with E-state index in [0.29, 0.717) is 6.42 Å². The zero-order valence-corrected chi connectivity index (χ0v) is 13.9. The summed E-state index contributed by atoms with van der Waals surface area (Å²) in [5.41, 5.74) is 0. The molecule has 0 amide bonds. The Morgan fingerprint density at radius 3 is 2.57 bits per heavy atom.